The van der Waals surface area contributed by atoms with Gasteiger partial charge in [-0.05, 0) is 19.1 Å². The van der Waals surface area contributed by atoms with Crippen molar-refractivity contribution in [2.75, 3.05) is 0 Å². The van der Waals surface area contributed by atoms with Crippen molar-refractivity contribution in [2.45, 2.75) is 13.0 Å². The third kappa shape index (κ3) is 3.16. The van der Waals surface area contributed by atoms with Crippen LogP contribution in [0.25, 0.3) is 11.3 Å². The molecular formula is C13H12ClN3O3. The number of nitrogens with one attached hydrogen (secondary N) is 1. The molecule has 1 aromatic carbocycles. The molecule has 1 atom stereocenters. The molecule has 0 radical (unpaired) electrons. The van der Waals surface area contributed by atoms with Gasteiger partial charge in [0.2, 0.25) is 11.7 Å². The second-order valence-corrected chi connectivity index (χ2v) is 4.62. The SMILES string of the molecule is C[C@H](NC(=O)c1cc(-c2cccc(Cl)c2)no1)C(N)=O. The molecule has 0 aliphatic heterocycles. The van der Waals surface area contributed by atoms with Crippen LogP contribution in [0.2, 0.25) is 5.02 Å². The Kier molecular flexibility index (Phi) is 4.05. The fraction of sp³-hybridized carbons (Fsp3) is 0.154. The van der Waals surface area contributed by atoms with E-state index in [1.807, 2.05) is 0 Å². The lowest BCUT2D eigenvalue weighted by Crippen LogP contribution is -2.42. The van der Waals surface area contributed by atoms with E-state index in [-0.39, 0.29) is 5.76 Å². The summed E-state index contributed by atoms with van der Waals surface area (Å²) >= 11 is 5.88. The van der Waals surface area contributed by atoms with Crippen molar-refractivity contribution in [3.63, 3.8) is 0 Å². The summed E-state index contributed by atoms with van der Waals surface area (Å²) in [6, 6.07) is 7.66. The third-order valence-corrected chi connectivity index (χ3v) is 2.86. The Labute approximate surface area is 119 Å². The Balaban J connectivity index is 2.17. The third-order valence-electron chi connectivity index (χ3n) is 2.63. The molecule has 104 valence electrons. The van der Waals surface area contributed by atoms with Crippen LogP contribution in [-0.4, -0.2) is 23.0 Å². The van der Waals surface area contributed by atoms with Gasteiger partial charge in [0.15, 0.2) is 0 Å². The summed E-state index contributed by atoms with van der Waals surface area (Å²) in [5.41, 5.74) is 6.26. The second kappa shape index (κ2) is 5.75. The number of hydrogen-bond acceptors (Lipinski definition) is 4. The van der Waals surface area contributed by atoms with Crippen LogP contribution in [0.5, 0.6) is 0 Å². The van der Waals surface area contributed by atoms with Gasteiger partial charge < -0.3 is 15.6 Å². The van der Waals surface area contributed by atoms with Crippen molar-refractivity contribution in [2.24, 2.45) is 5.73 Å². The lowest BCUT2D eigenvalue weighted by molar-refractivity contribution is -0.119. The summed E-state index contributed by atoms with van der Waals surface area (Å²) in [4.78, 5) is 22.7. The highest BCUT2D eigenvalue weighted by Gasteiger charge is 2.18. The molecule has 1 aromatic heterocycles. The van der Waals surface area contributed by atoms with E-state index in [0.29, 0.717) is 10.7 Å². The molecular weight excluding hydrogens is 282 g/mol. The predicted molar refractivity (Wildman–Crippen MR) is 73.1 cm³/mol. The number of benzene rings is 1. The molecule has 3 N–H and O–H groups in total. The highest BCUT2D eigenvalue weighted by atomic mass is 35.5. The minimum atomic E-state index is -0.790. The van der Waals surface area contributed by atoms with Crippen LogP contribution in [0.4, 0.5) is 0 Å². The number of hydrogen-bond donors (Lipinski definition) is 2. The molecule has 0 bridgehead atoms. The quantitative estimate of drug-likeness (QED) is 0.894. The summed E-state index contributed by atoms with van der Waals surface area (Å²) in [5.74, 6) is -1.20. The van der Waals surface area contributed by atoms with Crippen molar-refractivity contribution < 1.29 is 14.1 Å². The zero-order chi connectivity index (χ0) is 14.7. The van der Waals surface area contributed by atoms with Crippen LogP contribution in [0.1, 0.15) is 17.5 Å². The number of amides is 2. The summed E-state index contributed by atoms with van der Waals surface area (Å²) < 4.78 is 4.94. The summed E-state index contributed by atoms with van der Waals surface area (Å²) in [5, 5.41) is 6.74. The average Bonchev–Trinajstić information content (AvgIpc) is 2.88. The van der Waals surface area contributed by atoms with Gasteiger partial charge in [-0.2, -0.15) is 0 Å². The Morgan fingerprint density at radius 2 is 2.15 bits per heavy atom. The second-order valence-electron chi connectivity index (χ2n) is 4.18. The first kappa shape index (κ1) is 14.1. The van der Waals surface area contributed by atoms with E-state index in [0.717, 1.165) is 5.56 Å². The molecule has 0 unspecified atom stereocenters. The number of halogens is 1. The lowest BCUT2D eigenvalue weighted by atomic mass is 10.1. The highest BCUT2D eigenvalue weighted by molar-refractivity contribution is 6.30. The van der Waals surface area contributed by atoms with Crippen molar-refractivity contribution in [1.29, 1.82) is 0 Å². The minimum absolute atomic E-state index is 0.00641. The van der Waals surface area contributed by atoms with E-state index in [9.17, 15) is 9.59 Å². The molecule has 7 heteroatoms. The predicted octanol–water partition coefficient (Wildman–Crippen LogP) is 1.60. The van der Waals surface area contributed by atoms with Gasteiger partial charge in [-0.15, -0.1) is 0 Å². The van der Waals surface area contributed by atoms with Gasteiger partial charge in [-0.1, -0.05) is 28.9 Å². The van der Waals surface area contributed by atoms with E-state index in [1.54, 1.807) is 24.3 Å². The maximum Gasteiger partial charge on any atom is 0.290 e. The van der Waals surface area contributed by atoms with Crippen LogP contribution >= 0.6 is 11.6 Å². The van der Waals surface area contributed by atoms with E-state index in [1.165, 1.54) is 13.0 Å². The zero-order valence-electron chi connectivity index (χ0n) is 10.6. The molecule has 2 aromatic rings. The average molecular weight is 294 g/mol. The Morgan fingerprint density at radius 1 is 1.40 bits per heavy atom. The van der Waals surface area contributed by atoms with Gasteiger partial charge in [0.1, 0.15) is 11.7 Å². The first-order chi connectivity index (χ1) is 9.47. The number of carbonyl (C=O) groups is 2. The molecule has 0 spiro atoms. The van der Waals surface area contributed by atoms with Crippen LogP contribution in [0.15, 0.2) is 34.9 Å². The van der Waals surface area contributed by atoms with Crippen LogP contribution < -0.4 is 11.1 Å². The number of carbonyl (C=O) groups excluding carboxylic acids is 2. The van der Waals surface area contributed by atoms with Gasteiger partial charge in [0.25, 0.3) is 5.91 Å². The molecule has 0 saturated carbocycles. The summed E-state index contributed by atoms with van der Waals surface area (Å²) in [7, 11) is 0. The number of nitrogens with zero attached hydrogens (tertiary/aromatic N) is 1. The van der Waals surface area contributed by atoms with Crippen molar-refractivity contribution in [3.05, 3.63) is 41.1 Å². The van der Waals surface area contributed by atoms with Gasteiger partial charge in [-0.25, -0.2) is 0 Å². The van der Waals surface area contributed by atoms with Crippen molar-refractivity contribution >= 4 is 23.4 Å². The van der Waals surface area contributed by atoms with Gasteiger partial charge in [0.05, 0.1) is 0 Å². The number of aromatic nitrogens is 1. The molecule has 0 saturated heterocycles. The normalized spacial score (nSPS) is 11.9. The fourth-order valence-corrected chi connectivity index (χ4v) is 1.70. The molecule has 20 heavy (non-hydrogen) atoms. The molecule has 1 heterocycles. The van der Waals surface area contributed by atoms with E-state index < -0.39 is 17.9 Å². The van der Waals surface area contributed by atoms with Gasteiger partial charge in [-0.3, -0.25) is 9.59 Å². The highest BCUT2D eigenvalue weighted by Crippen LogP contribution is 2.22. The first-order valence-electron chi connectivity index (χ1n) is 5.80. The van der Waals surface area contributed by atoms with Crippen molar-refractivity contribution in [3.8, 4) is 11.3 Å². The summed E-state index contributed by atoms with van der Waals surface area (Å²) in [6.07, 6.45) is 0. The molecule has 0 aliphatic rings. The van der Waals surface area contributed by atoms with Crippen LogP contribution in [-0.2, 0) is 4.79 Å². The Morgan fingerprint density at radius 3 is 2.80 bits per heavy atom. The largest absolute Gasteiger partial charge is 0.368 e. The molecule has 0 aliphatic carbocycles. The van der Waals surface area contributed by atoms with Gasteiger partial charge >= 0.3 is 0 Å². The van der Waals surface area contributed by atoms with E-state index >= 15 is 0 Å². The molecule has 0 fully saturated rings. The maximum absolute atomic E-state index is 11.8. The summed E-state index contributed by atoms with van der Waals surface area (Å²) in [6.45, 7) is 1.48. The fourth-order valence-electron chi connectivity index (χ4n) is 1.50. The van der Waals surface area contributed by atoms with E-state index in [4.69, 9.17) is 21.9 Å². The monoisotopic (exact) mass is 293 g/mol. The first-order valence-corrected chi connectivity index (χ1v) is 6.18. The minimum Gasteiger partial charge on any atom is -0.368 e. The molecule has 6 nitrogen and oxygen atoms in total. The Bertz CT molecular complexity index is 654. The van der Waals surface area contributed by atoms with E-state index in [2.05, 4.69) is 10.5 Å². The number of primary amides is 1. The maximum atomic E-state index is 11.8. The molecule has 2 amide bonds. The zero-order valence-corrected chi connectivity index (χ0v) is 11.3. The topological polar surface area (TPSA) is 98.2 Å². The standard InChI is InChI=1S/C13H12ClN3O3/c1-7(12(15)18)16-13(19)11-6-10(17-20-11)8-3-2-4-9(14)5-8/h2-7H,1H3,(H2,15,18)(H,16,19)/t7-/m0/s1. The van der Waals surface area contributed by atoms with Gasteiger partial charge in [0, 0.05) is 16.7 Å². The van der Waals surface area contributed by atoms with Crippen LogP contribution in [0.3, 0.4) is 0 Å². The smallest absolute Gasteiger partial charge is 0.290 e. The lowest BCUT2D eigenvalue weighted by Gasteiger charge is -2.07. The number of nitrogens with two attached hydrogens (primary N) is 1. The Hall–Kier alpha value is -2.34. The number of rotatable bonds is 4. The van der Waals surface area contributed by atoms with Crippen LogP contribution in [0, 0.1) is 0 Å². The molecule has 2 rings (SSSR count). The van der Waals surface area contributed by atoms with Crippen molar-refractivity contribution in [1.82, 2.24) is 10.5 Å².